The van der Waals surface area contributed by atoms with Gasteiger partial charge in [-0.05, 0) is 0 Å². The lowest BCUT2D eigenvalue weighted by Gasteiger charge is -2.38. The highest BCUT2D eigenvalue weighted by molar-refractivity contribution is 6.11. The molecule has 6 heteroatoms. The molecule has 2 rings (SSSR count). The molecule has 0 unspecified atom stereocenters. The Balaban J connectivity index is 2.27. The van der Waals surface area contributed by atoms with Gasteiger partial charge < -0.3 is 14.9 Å². The summed E-state index contributed by atoms with van der Waals surface area (Å²) in [6, 6.07) is -1.02. The number of aliphatic hydroxyl groups excluding tert-OH is 2. The Bertz CT molecular complexity index is 217. The molecule has 0 amide bonds. The maximum atomic E-state index is 9.81. The normalized spacial score (nSPS) is 51.2. The van der Waals surface area contributed by atoms with E-state index in [1.807, 2.05) is 0 Å². The van der Waals surface area contributed by atoms with Crippen molar-refractivity contribution in [1.82, 2.24) is 5.06 Å². The van der Waals surface area contributed by atoms with Gasteiger partial charge in [-0.1, -0.05) is 0 Å². The molecule has 2 aliphatic heterocycles. The van der Waals surface area contributed by atoms with Crippen molar-refractivity contribution in [3.63, 3.8) is 0 Å². The first-order valence-corrected chi connectivity index (χ1v) is 4.19. The minimum atomic E-state index is -1.03. The van der Waals surface area contributed by atoms with Crippen LogP contribution in [-0.2, 0) is 9.57 Å². The number of likely N-dealkylation sites (N-methyl/N-ethyl adjacent to an activating group) is 1. The van der Waals surface area contributed by atoms with Gasteiger partial charge in [-0.3, -0.25) is 4.84 Å². The summed E-state index contributed by atoms with van der Waals surface area (Å²) in [5.41, 5.74) is -1.03. The van der Waals surface area contributed by atoms with E-state index < -0.39 is 23.8 Å². The van der Waals surface area contributed by atoms with Crippen molar-refractivity contribution in [2.75, 3.05) is 20.3 Å². The Morgan fingerprint density at radius 2 is 2.38 bits per heavy atom. The second-order valence-electron chi connectivity index (χ2n) is 3.56. The van der Waals surface area contributed by atoms with Gasteiger partial charge in [-0.25, -0.2) is 0 Å². The zero-order valence-corrected chi connectivity index (χ0v) is 7.38. The maximum absolute atomic E-state index is 9.81. The number of aliphatic hydroxyl groups is 2. The molecule has 2 radical (unpaired) electrons. The molecular formula is C7H12BNO4. The molecule has 4 atom stereocenters. The fourth-order valence-electron chi connectivity index (χ4n) is 1.90. The number of rotatable bonds is 1. The predicted molar refractivity (Wildman–Crippen MR) is 44.0 cm³/mol. The van der Waals surface area contributed by atoms with E-state index in [0.717, 1.165) is 0 Å². The van der Waals surface area contributed by atoms with Crippen molar-refractivity contribution in [3.05, 3.63) is 0 Å². The Morgan fingerprint density at radius 1 is 1.69 bits per heavy atom. The van der Waals surface area contributed by atoms with E-state index in [1.54, 1.807) is 7.05 Å². The molecule has 0 aromatic rings. The van der Waals surface area contributed by atoms with Crippen molar-refractivity contribution in [2.24, 2.45) is 0 Å². The van der Waals surface area contributed by atoms with Crippen LogP contribution in [0.4, 0.5) is 0 Å². The summed E-state index contributed by atoms with van der Waals surface area (Å²) in [6.07, 6.45) is -0.800. The van der Waals surface area contributed by atoms with E-state index in [9.17, 15) is 5.11 Å². The van der Waals surface area contributed by atoms with Crippen LogP contribution >= 0.6 is 0 Å². The summed E-state index contributed by atoms with van der Waals surface area (Å²) in [6.45, 7) is -0.155. The molecule has 13 heavy (non-hydrogen) atoms. The highest BCUT2D eigenvalue weighted by atomic mass is 16.7. The summed E-state index contributed by atoms with van der Waals surface area (Å²) in [7, 11) is 7.33. The van der Waals surface area contributed by atoms with Gasteiger partial charge in [0, 0.05) is 13.1 Å². The molecule has 2 N–H and O–H groups in total. The number of hydrogen-bond donors (Lipinski definition) is 2. The minimum Gasteiger partial charge on any atom is -0.393 e. The summed E-state index contributed by atoms with van der Waals surface area (Å²) in [4.78, 5) is 5.21. The lowest BCUT2D eigenvalue weighted by atomic mass is 9.87. The smallest absolute Gasteiger partial charge is 0.143 e. The quantitative estimate of drug-likeness (QED) is 0.456. The van der Waals surface area contributed by atoms with Gasteiger partial charge in [0.05, 0.1) is 12.6 Å². The second-order valence-corrected chi connectivity index (χ2v) is 3.56. The van der Waals surface area contributed by atoms with Crippen molar-refractivity contribution >= 4 is 7.85 Å². The monoisotopic (exact) mass is 185 g/mol. The average molecular weight is 185 g/mol. The Kier molecular flexibility index (Phi) is 2.12. The largest absolute Gasteiger partial charge is 0.393 e. The lowest BCUT2D eigenvalue weighted by Crippen LogP contribution is -2.59. The van der Waals surface area contributed by atoms with Crippen LogP contribution in [0, 0.1) is 0 Å². The van der Waals surface area contributed by atoms with Gasteiger partial charge in [0.1, 0.15) is 26.2 Å². The molecular weight excluding hydrogens is 173 g/mol. The third kappa shape index (κ3) is 1.14. The molecule has 72 valence electrons. The number of hydrogen-bond acceptors (Lipinski definition) is 5. The van der Waals surface area contributed by atoms with Crippen molar-refractivity contribution in [2.45, 2.75) is 23.8 Å². The van der Waals surface area contributed by atoms with Crippen LogP contribution in [0.3, 0.4) is 0 Å². The van der Waals surface area contributed by atoms with Gasteiger partial charge in [0.15, 0.2) is 0 Å². The van der Waals surface area contributed by atoms with Crippen LogP contribution in [0.25, 0.3) is 0 Å². The summed E-state index contributed by atoms with van der Waals surface area (Å²) in [5, 5.41) is 20.4. The number of fused-ring (bicyclic) bond motifs is 2. The van der Waals surface area contributed by atoms with E-state index in [4.69, 9.17) is 22.5 Å². The SMILES string of the molecule is [B][C@@H]1O[C@@]2(CO)CON(C)[C@@H]1[C@@H]2O. The van der Waals surface area contributed by atoms with Crippen molar-refractivity contribution in [1.29, 1.82) is 0 Å². The van der Waals surface area contributed by atoms with Gasteiger partial charge in [0.2, 0.25) is 0 Å². The molecule has 2 fully saturated rings. The molecule has 5 nitrogen and oxygen atoms in total. The van der Waals surface area contributed by atoms with Crippen LogP contribution < -0.4 is 0 Å². The maximum Gasteiger partial charge on any atom is 0.143 e. The number of nitrogens with zero attached hydrogens (tertiary/aromatic N) is 1. The predicted octanol–water partition coefficient (Wildman–Crippen LogP) is -2.15. The highest BCUT2D eigenvalue weighted by Crippen LogP contribution is 2.36. The van der Waals surface area contributed by atoms with Crippen molar-refractivity contribution < 1.29 is 19.8 Å². The van der Waals surface area contributed by atoms with E-state index in [0.29, 0.717) is 0 Å². The Labute approximate surface area is 77.6 Å². The first kappa shape index (κ1) is 9.42. The molecule has 0 spiro atoms. The standard InChI is InChI=1S/C7H12BNO4/c1-9-4-5(11)7(2-10,3-12-9)13-6(4)8/h4-6,10-11H,2-3H2,1H3/t4-,5+,6-,7+/m1/s1. The molecule has 0 aromatic carbocycles. The van der Waals surface area contributed by atoms with Gasteiger partial charge in [-0.15, -0.1) is 0 Å². The summed E-state index contributed by atoms with van der Waals surface area (Å²) in [5.74, 6) is 0. The fourth-order valence-corrected chi connectivity index (χ4v) is 1.90. The van der Waals surface area contributed by atoms with Crippen LogP contribution in [0.5, 0.6) is 0 Å². The third-order valence-corrected chi connectivity index (χ3v) is 2.77. The molecule has 2 heterocycles. The zero-order valence-electron chi connectivity index (χ0n) is 7.38. The molecule has 2 bridgehead atoms. The van der Waals surface area contributed by atoms with Crippen molar-refractivity contribution in [3.8, 4) is 0 Å². The van der Waals surface area contributed by atoms with E-state index in [1.165, 1.54) is 5.06 Å². The molecule has 0 saturated carbocycles. The van der Waals surface area contributed by atoms with Gasteiger partial charge >= 0.3 is 0 Å². The zero-order chi connectivity index (χ0) is 9.64. The Morgan fingerprint density at radius 3 is 3.00 bits per heavy atom. The molecule has 0 aliphatic carbocycles. The van der Waals surface area contributed by atoms with Crippen LogP contribution in [0.1, 0.15) is 0 Å². The lowest BCUT2D eigenvalue weighted by molar-refractivity contribution is -0.255. The third-order valence-electron chi connectivity index (χ3n) is 2.77. The second kappa shape index (κ2) is 2.93. The van der Waals surface area contributed by atoms with Crippen LogP contribution in [-0.4, -0.2) is 67.1 Å². The van der Waals surface area contributed by atoms with E-state index in [-0.39, 0.29) is 13.2 Å². The summed E-state index contributed by atoms with van der Waals surface area (Å²) >= 11 is 0. The van der Waals surface area contributed by atoms with Gasteiger partial charge in [-0.2, -0.15) is 5.06 Å². The van der Waals surface area contributed by atoms with Gasteiger partial charge in [0.25, 0.3) is 0 Å². The first-order chi connectivity index (χ1) is 6.10. The van der Waals surface area contributed by atoms with Crippen LogP contribution in [0.15, 0.2) is 0 Å². The number of ether oxygens (including phenoxy) is 1. The Hall–Kier alpha value is -0.135. The topological polar surface area (TPSA) is 62.2 Å². The summed E-state index contributed by atoms with van der Waals surface area (Å²) < 4.78 is 5.32. The fraction of sp³-hybridized carbons (Fsp3) is 1.00. The molecule has 0 aromatic heterocycles. The number of hydroxylamine groups is 2. The van der Waals surface area contributed by atoms with Crippen LogP contribution in [0.2, 0.25) is 0 Å². The van der Waals surface area contributed by atoms with E-state index in [2.05, 4.69) is 0 Å². The molecule has 2 saturated heterocycles. The first-order valence-electron chi connectivity index (χ1n) is 4.19. The highest BCUT2D eigenvalue weighted by Gasteiger charge is 2.57. The average Bonchev–Trinajstić information content (AvgIpc) is 2.25. The van der Waals surface area contributed by atoms with E-state index >= 15 is 0 Å². The molecule has 2 aliphatic rings. The minimum absolute atomic E-state index is 0.130.